The normalized spacial score (nSPS) is 17.2. The summed E-state index contributed by atoms with van der Waals surface area (Å²) in [5.74, 6) is 1.06. The number of guanidine groups is 1. The van der Waals surface area contributed by atoms with Gasteiger partial charge in [0.15, 0.2) is 5.96 Å². The molecule has 6 heteroatoms. The van der Waals surface area contributed by atoms with Crippen LogP contribution in [0.2, 0.25) is 0 Å². The quantitative estimate of drug-likeness (QED) is 0.505. The molecule has 0 saturated carbocycles. The number of nitrogens with one attached hydrogen (secondary N) is 2. The number of carbonyl (C=O) groups is 1. The standard InChI is InChI=1S/C22H37N5O/c1-5-21(28)27-14-13-20(17-27)25-22(23-6-2)24-15-18-9-11-19(12-10-18)16-26(7-3)8-4/h9-12,20H,5-8,13-17H2,1-4H3,(H2,23,24,25). The maximum Gasteiger partial charge on any atom is 0.222 e. The number of amides is 1. The number of rotatable bonds is 9. The average molecular weight is 388 g/mol. The van der Waals surface area contributed by atoms with Crippen molar-refractivity contribution in [2.24, 2.45) is 4.99 Å². The molecule has 1 atom stereocenters. The van der Waals surface area contributed by atoms with Gasteiger partial charge in [0.1, 0.15) is 0 Å². The molecule has 1 unspecified atom stereocenters. The minimum absolute atomic E-state index is 0.232. The summed E-state index contributed by atoms with van der Waals surface area (Å²) in [4.78, 5) is 21.0. The lowest BCUT2D eigenvalue weighted by atomic mass is 10.1. The molecule has 1 saturated heterocycles. The van der Waals surface area contributed by atoms with E-state index in [-0.39, 0.29) is 11.9 Å². The number of nitrogens with zero attached hydrogens (tertiary/aromatic N) is 3. The Balaban J connectivity index is 1.90. The van der Waals surface area contributed by atoms with Crippen LogP contribution < -0.4 is 10.6 Å². The van der Waals surface area contributed by atoms with Crippen LogP contribution in [0.5, 0.6) is 0 Å². The average Bonchev–Trinajstić information content (AvgIpc) is 3.19. The van der Waals surface area contributed by atoms with Gasteiger partial charge in [-0.25, -0.2) is 4.99 Å². The van der Waals surface area contributed by atoms with E-state index in [9.17, 15) is 4.79 Å². The van der Waals surface area contributed by atoms with Crippen molar-refractivity contribution < 1.29 is 4.79 Å². The first-order valence-electron chi connectivity index (χ1n) is 10.7. The first kappa shape index (κ1) is 22.2. The summed E-state index contributed by atoms with van der Waals surface area (Å²) in [5.41, 5.74) is 2.54. The highest BCUT2D eigenvalue weighted by molar-refractivity contribution is 5.80. The smallest absolute Gasteiger partial charge is 0.222 e. The molecule has 1 aromatic rings. The van der Waals surface area contributed by atoms with Gasteiger partial charge < -0.3 is 15.5 Å². The Bertz CT molecular complexity index is 624. The van der Waals surface area contributed by atoms with Gasteiger partial charge in [-0.15, -0.1) is 0 Å². The highest BCUT2D eigenvalue weighted by atomic mass is 16.2. The van der Waals surface area contributed by atoms with Gasteiger partial charge in [0.2, 0.25) is 5.91 Å². The number of carbonyl (C=O) groups excluding carboxylic acids is 1. The molecule has 0 aromatic heterocycles. The SMILES string of the molecule is CCNC(=NCc1ccc(CN(CC)CC)cc1)NC1CCN(C(=O)CC)C1. The van der Waals surface area contributed by atoms with Gasteiger partial charge in [-0.3, -0.25) is 9.69 Å². The molecule has 2 N–H and O–H groups in total. The lowest BCUT2D eigenvalue weighted by Crippen LogP contribution is -2.45. The molecule has 6 nitrogen and oxygen atoms in total. The monoisotopic (exact) mass is 387 g/mol. The summed E-state index contributed by atoms with van der Waals surface area (Å²) < 4.78 is 0. The summed E-state index contributed by atoms with van der Waals surface area (Å²) in [6.07, 6.45) is 1.54. The van der Waals surface area contributed by atoms with Gasteiger partial charge in [-0.2, -0.15) is 0 Å². The first-order chi connectivity index (χ1) is 13.6. The molecule has 0 radical (unpaired) electrons. The summed E-state index contributed by atoms with van der Waals surface area (Å²) in [6, 6.07) is 9.01. The summed E-state index contributed by atoms with van der Waals surface area (Å²) >= 11 is 0. The second-order valence-corrected chi connectivity index (χ2v) is 7.30. The fourth-order valence-corrected chi connectivity index (χ4v) is 3.47. The highest BCUT2D eigenvalue weighted by Gasteiger charge is 2.25. The predicted octanol–water partition coefficient (Wildman–Crippen LogP) is 2.59. The molecule has 0 spiro atoms. The van der Waals surface area contributed by atoms with Gasteiger partial charge in [0, 0.05) is 38.6 Å². The van der Waals surface area contributed by atoms with Gasteiger partial charge >= 0.3 is 0 Å². The van der Waals surface area contributed by atoms with E-state index >= 15 is 0 Å². The molecule has 28 heavy (non-hydrogen) atoms. The van der Waals surface area contributed by atoms with Crippen LogP contribution in [-0.2, 0) is 17.9 Å². The van der Waals surface area contributed by atoms with Crippen molar-refractivity contribution in [1.29, 1.82) is 0 Å². The lowest BCUT2D eigenvalue weighted by molar-refractivity contribution is -0.129. The van der Waals surface area contributed by atoms with Gasteiger partial charge in [0.05, 0.1) is 6.54 Å². The Kier molecular flexibility index (Phi) is 9.28. The van der Waals surface area contributed by atoms with Gasteiger partial charge in [-0.05, 0) is 37.6 Å². The molecule has 1 fully saturated rings. The van der Waals surface area contributed by atoms with Crippen LogP contribution in [0, 0.1) is 0 Å². The molecule has 1 aromatic carbocycles. The van der Waals surface area contributed by atoms with E-state index in [2.05, 4.69) is 60.6 Å². The minimum Gasteiger partial charge on any atom is -0.357 e. The maximum atomic E-state index is 11.9. The Morgan fingerprint density at radius 1 is 1.14 bits per heavy atom. The van der Waals surface area contributed by atoms with Crippen LogP contribution in [0.1, 0.15) is 51.7 Å². The number of benzene rings is 1. The molecule has 156 valence electrons. The van der Waals surface area contributed by atoms with E-state index < -0.39 is 0 Å². The van der Waals surface area contributed by atoms with E-state index in [1.54, 1.807) is 0 Å². The zero-order valence-electron chi connectivity index (χ0n) is 18.0. The Morgan fingerprint density at radius 3 is 2.43 bits per heavy atom. The van der Waals surface area contributed by atoms with E-state index in [1.807, 2.05) is 11.8 Å². The Labute approximate surface area is 170 Å². The number of hydrogen-bond acceptors (Lipinski definition) is 3. The first-order valence-corrected chi connectivity index (χ1v) is 10.7. The van der Waals surface area contributed by atoms with Crippen molar-refractivity contribution in [1.82, 2.24) is 20.4 Å². The van der Waals surface area contributed by atoms with E-state index in [0.29, 0.717) is 13.0 Å². The lowest BCUT2D eigenvalue weighted by Gasteiger charge is -2.19. The largest absolute Gasteiger partial charge is 0.357 e. The van der Waals surface area contributed by atoms with E-state index in [0.717, 1.165) is 51.6 Å². The Morgan fingerprint density at radius 2 is 1.82 bits per heavy atom. The maximum absolute atomic E-state index is 11.9. The van der Waals surface area contributed by atoms with Crippen LogP contribution in [0.25, 0.3) is 0 Å². The number of aliphatic imine (C=N–C) groups is 1. The van der Waals surface area contributed by atoms with Crippen molar-refractivity contribution >= 4 is 11.9 Å². The van der Waals surface area contributed by atoms with Crippen LogP contribution >= 0.6 is 0 Å². The molecule has 1 heterocycles. The third-order valence-electron chi connectivity index (χ3n) is 5.27. The number of likely N-dealkylation sites (tertiary alicyclic amines) is 1. The second-order valence-electron chi connectivity index (χ2n) is 7.30. The Hall–Kier alpha value is -2.08. The zero-order valence-corrected chi connectivity index (χ0v) is 18.0. The predicted molar refractivity (Wildman–Crippen MR) is 116 cm³/mol. The fourth-order valence-electron chi connectivity index (χ4n) is 3.47. The molecule has 1 aliphatic heterocycles. The molecule has 1 aliphatic rings. The molecule has 2 rings (SSSR count). The van der Waals surface area contributed by atoms with Gasteiger partial charge in [-0.1, -0.05) is 45.0 Å². The van der Waals surface area contributed by atoms with Crippen LogP contribution in [0.3, 0.4) is 0 Å². The fraction of sp³-hybridized carbons (Fsp3) is 0.636. The third kappa shape index (κ3) is 6.82. The summed E-state index contributed by atoms with van der Waals surface area (Å²) in [6.45, 7) is 14.6. The number of hydrogen-bond donors (Lipinski definition) is 2. The molecular formula is C22H37N5O. The molecular weight excluding hydrogens is 350 g/mol. The van der Waals surface area contributed by atoms with Crippen LogP contribution in [0.4, 0.5) is 0 Å². The van der Waals surface area contributed by atoms with Crippen molar-refractivity contribution in [3.63, 3.8) is 0 Å². The van der Waals surface area contributed by atoms with Crippen molar-refractivity contribution in [3.05, 3.63) is 35.4 Å². The topological polar surface area (TPSA) is 60.0 Å². The van der Waals surface area contributed by atoms with Crippen LogP contribution in [-0.4, -0.2) is 60.4 Å². The van der Waals surface area contributed by atoms with Crippen molar-refractivity contribution in [3.8, 4) is 0 Å². The van der Waals surface area contributed by atoms with Gasteiger partial charge in [0.25, 0.3) is 0 Å². The molecule has 1 amide bonds. The summed E-state index contributed by atoms with van der Waals surface area (Å²) in [7, 11) is 0. The highest BCUT2D eigenvalue weighted by Crippen LogP contribution is 2.11. The molecule has 0 aliphatic carbocycles. The summed E-state index contributed by atoms with van der Waals surface area (Å²) in [5, 5.41) is 6.81. The second kappa shape index (κ2) is 11.7. The minimum atomic E-state index is 0.232. The van der Waals surface area contributed by atoms with E-state index in [1.165, 1.54) is 11.1 Å². The van der Waals surface area contributed by atoms with Crippen molar-refractivity contribution in [2.45, 2.75) is 59.7 Å². The van der Waals surface area contributed by atoms with Crippen molar-refractivity contribution in [2.75, 3.05) is 32.7 Å². The van der Waals surface area contributed by atoms with Crippen LogP contribution in [0.15, 0.2) is 29.3 Å². The third-order valence-corrected chi connectivity index (χ3v) is 5.27. The molecule has 0 bridgehead atoms. The zero-order chi connectivity index (χ0) is 20.4. The van der Waals surface area contributed by atoms with E-state index in [4.69, 9.17) is 4.99 Å².